The second-order valence-electron chi connectivity index (χ2n) is 5.82. The summed E-state index contributed by atoms with van der Waals surface area (Å²) in [6.07, 6.45) is 3.19. The number of anilines is 2. The molecule has 3 aromatic rings. The lowest BCUT2D eigenvalue weighted by atomic mass is 10.2. The Morgan fingerprint density at radius 3 is 2.22 bits per heavy atom. The van der Waals surface area contributed by atoms with Crippen LogP contribution in [0.15, 0.2) is 84.9 Å². The first-order chi connectivity index (χ1) is 13.1. The maximum absolute atomic E-state index is 12.1. The van der Waals surface area contributed by atoms with Crippen molar-refractivity contribution in [2.75, 3.05) is 10.6 Å². The summed E-state index contributed by atoms with van der Waals surface area (Å²) >= 11 is 5.85. The van der Waals surface area contributed by atoms with Crippen LogP contribution in [0.3, 0.4) is 0 Å². The summed E-state index contributed by atoms with van der Waals surface area (Å²) in [7, 11) is 0. The molecule has 0 saturated heterocycles. The van der Waals surface area contributed by atoms with Gasteiger partial charge < -0.3 is 10.6 Å². The van der Waals surface area contributed by atoms with Crippen LogP contribution >= 0.6 is 11.6 Å². The first-order valence-corrected chi connectivity index (χ1v) is 8.74. The lowest BCUT2D eigenvalue weighted by molar-refractivity contribution is -0.111. The van der Waals surface area contributed by atoms with Gasteiger partial charge >= 0.3 is 0 Å². The summed E-state index contributed by atoms with van der Waals surface area (Å²) in [6, 6.07) is 23.9. The minimum atomic E-state index is -0.236. The third-order valence-electron chi connectivity index (χ3n) is 3.76. The molecular weight excluding hydrogens is 358 g/mol. The zero-order chi connectivity index (χ0) is 19.1. The van der Waals surface area contributed by atoms with Crippen molar-refractivity contribution in [3.05, 3.63) is 101 Å². The van der Waals surface area contributed by atoms with Gasteiger partial charge in [-0.3, -0.25) is 10.2 Å². The minimum Gasteiger partial charge on any atom is -0.340 e. The number of hydrogen-bond donors (Lipinski definition) is 3. The van der Waals surface area contributed by atoms with Crippen molar-refractivity contribution < 1.29 is 4.79 Å². The molecule has 27 heavy (non-hydrogen) atoms. The molecule has 0 fully saturated rings. The molecule has 0 spiro atoms. The Bertz CT molecular complexity index is 966. The minimum absolute atomic E-state index is 0.236. The standard InChI is InChI=1S/C22H18ClN3O/c23-18-12-9-16(10-13-18)11-14-21(27)25-19-7-4-8-20(15-19)26-22(24)17-5-2-1-3-6-17/h1-15H,(H2,24,26)(H,25,27)/b14-11+. The topological polar surface area (TPSA) is 65.0 Å². The highest BCUT2D eigenvalue weighted by Gasteiger charge is 2.03. The lowest BCUT2D eigenvalue weighted by Gasteiger charge is -2.10. The fraction of sp³-hybridized carbons (Fsp3) is 0. The molecule has 3 aromatic carbocycles. The van der Waals surface area contributed by atoms with Gasteiger partial charge in [-0.25, -0.2) is 0 Å². The van der Waals surface area contributed by atoms with Crippen LogP contribution in [0, 0.1) is 5.41 Å². The Morgan fingerprint density at radius 2 is 1.52 bits per heavy atom. The zero-order valence-electron chi connectivity index (χ0n) is 14.4. The van der Waals surface area contributed by atoms with E-state index in [0.29, 0.717) is 16.5 Å². The van der Waals surface area contributed by atoms with Crippen molar-refractivity contribution in [3.63, 3.8) is 0 Å². The van der Waals surface area contributed by atoms with E-state index in [1.807, 2.05) is 54.6 Å². The average molecular weight is 376 g/mol. The van der Waals surface area contributed by atoms with Crippen LogP contribution in [-0.4, -0.2) is 11.7 Å². The molecule has 0 bridgehead atoms. The molecule has 0 aliphatic heterocycles. The highest BCUT2D eigenvalue weighted by Crippen LogP contribution is 2.16. The van der Waals surface area contributed by atoms with E-state index < -0.39 is 0 Å². The van der Waals surface area contributed by atoms with Crippen molar-refractivity contribution in [3.8, 4) is 0 Å². The highest BCUT2D eigenvalue weighted by atomic mass is 35.5. The van der Waals surface area contributed by atoms with Gasteiger partial charge in [0.05, 0.1) is 0 Å². The summed E-state index contributed by atoms with van der Waals surface area (Å²) in [6.45, 7) is 0. The smallest absolute Gasteiger partial charge is 0.248 e. The first-order valence-electron chi connectivity index (χ1n) is 8.36. The molecule has 3 rings (SSSR count). The molecule has 134 valence electrons. The van der Waals surface area contributed by atoms with E-state index in [1.165, 1.54) is 6.08 Å². The number of carbonyl (C=O) groups is 1. The summed E-state index contributed by atoms with van der Waals surface area (Å²) < 4.78 is 0. The Hall–Kier alpha value is -3.37. The van der Waals surface area contributed by atoms with Crippen molar-refractivity contribution in [1.82, 2.24) is 0 Å². The van der Waals surface area contributed by atoms with Gasteiger partial charge in [0.25, 0.3) is 0 Å². The number of amidine groups is 1. The van der Waals surface area contributed by atoms with Gasteiger partial charge in [0.1, 0.15) is 5.84 Å². The Labute approximate surface area is 163 Å². The predicted molar refractivity (Wildman–Crippen MR) is 112 cm³/mol. The molecule has 0 aliphatic carbocycles. The molecule has 5 heteroatoms. The van der Waals surface area contributed by atoms with Gasteiger partial charge in [-0.2, -0.15) is 0 Å². The highest BCUT2D eigenvalue weighted by molar-refractivity contribution is 6.30. The summed E-state index contributed by atoms with van der Waals surface area (Å²) in [4.78, 5) is 12.1. The van der Waals surface area contributed by atoms with E-state index in [2.05, 4.69) is 10.6 Å². The fourth-order valence-electron chi connectivity index (χ4n) is 2.43. The predicted octanol–water partition coefficient (Wildman–Crippen LogP) is 5.43. The van der Waals surface area contributed by atoms with Crippen molar-refractivity contribution in [2.24, 2.45) is 0 Å². The second kappa shape index (κ2) is 8.83. The number of hydrogen-bond acceptors (Lipinski definition) is 2. The van der Waals surface area contributed by atoms with E-state index in [1.54, 1.807) is 30.3 Å². The van der Waals surface area contributed by atoms with Crippen LogP contribution in [0.2, 0.25) is 5.02 Å². The van der Waals surface area contributed by atoms with Crippen LogP contribution in [0.5, 0.6) is 0 Å². The Morgan fingerprint density at radius 1 is 0.852 bits per heavy atom. The molecular formula is C22H18ClN3O. The molecule has 0 heterocycles. The van der Waals surface area contributed by atoms with Crippen molar-refractivity contribution >= 4 is 40.8 Å². The van der Waals surface area contributed by atoms with Gasteiger partial charge in [0, 0.05) is 28.0 Å². The van der Waals surface area contributed by atoms with E-state index in [9.17, 15) is 4.79 Å². The molecule has 4 nitrogen and oxygen atoms in total. The quantitative estimate of drug-likeness (QED) is 0.316. The molecule has 3 N–H and O–H groups in total. The number of halogens is 1. The molecule has 0 aromatic heterocycles. The maximum Gasteiger partial charge on any atom is 0.248 e. The molecule has 0 radical (unpaired) electrons. The van der Waals surface area contributed by atoms with Gasteiger partial charge in [0.15, 0.2) is 0 Å². The Kier molecular flexibility index (Phi) is 6.02. The summed E-state index contributed by atoms with van der Waals surface area (Å²) in [5.74, 6) is 0.0574. The third-order valence-corrected chi connectivity index (χ3v) is 4.01. The maximum atomic E-state index is 12.1. The van der Waals surface area contributed by atoms with Crippen LogP contribution in [0.4, 0.5) is 11.4 Å². The van der Waals surface area contributed by atoms with E-state index in [4.69, 9.17) is 17.0 Å². The average Bonchev–Trinajstić information content (AvgIpc) is 2.68. The molecule has 0 atom stereocenters. The molecule has 0 saturated carbocycles. The number of nitrogens with one attached hydrogen (secondary N) is 3. The summed E-state index contributed by atoms with van der Waals surface area (Å²) in [5.41, 5.74) is 3.05. The normalized spacial score (nSPS) is 10.6. The van der Waals surface area contributed by atoms with E-state index in [0.717, 1.165) is 16.8 Å². The molecule has 0 unspecified atom stereocenters. The van der Waals surface area contributed by atoms with Gasteiger partial charge in [-0.05, 0) is 42.0 Å². The fourth-order valence-corrected chi connectivity index (χ4v) is 2.55. The summed E-state index contributed by atoms with van der Waals surface area (Å²) in [5, 5.41) is 14.6. The molecule has 0 aliphatic rings. The Balaban J connectivity index is 1.62. The van der Waals surface area contributed by atoms with E-state index >= 15 is 0 Å². The number of amides is 1. The number of rotatable bonds is 5. The van der Waals surface area contributed by atoms with Gasteiger partial charge in [0.2, 0.25) is 5.91 Å². The van der Waals surface area contributed by atoms with Gasteiger partial charge in [-0.1, -0.05) is 60.1 Å². The van der Waals surface area contributed by atoms with Crippen LogP contribution < -0.4 is 10.6 Å². The molecule has 1 amide bonds. The first kappa shape index (κ1) is 18.4. The zero-order valence-corrected chi connectivity index (χ0v) is 15.2. The van der Waals surface area contributed by atoms with Crippen LogP contribution in [0.25, 0.3) is 6.08 Å². The van der Waals surface area contributed by atoms with E-state index in [-0.39, 0.29) is 5.91 Å². The number of carbonyl (C=O) groups excluding carboxylic acids is 1. The number of benzene rings is 3. The van der Waals surface area contributed by atoms with Crippen molar-refractivity contribution in [1.29, 1.82) is 5.41 Å². The van der Waals surface area contributed by atoms with Crippen LogP contribution in [0.1, 0.15) is 11.1 Å². The second-order valence-corrected chi connectivity index (χ2v) is 6.26. The third kappa shape index (κ3) is 5.56. The SMILES string of the molecule is N=C(Nc1cccc(NC(=O)/C=C/c2ccc(Cl)cc2)c1)c1ccccc1. The van der Waals surface area contributed by atoms with Crippen molar-refractivity contribution in [2.45, 2.75) is 0 Å². The van der Waals surface area contributed by atoms with Gasteiger partial charge in [-0.15, -0.1) is 0 Å². The van der Waals surface area contributed by atoms with Crippen LogP contribution in [-0.2, 0) is 4.79 Å². The largest absolute Gasteiger partial charge is 0.340 e. The lowest BCUT2D eigenvalue weighted by Crippen LogP contribution is -2.12. The monoisotopic (exact) mass is 375 g/mol.